The largest absolute Gasteiger partial charge is 0.459 e. The number of hydrogen-bond acceptors (Lipinski definition) is 3. The molecular weight excluding hydrogens is 351 g/mol. The maximum atomic E-state index is 12.6. The molecule has 2 amide bonds. The number of likely N-dealkylation sites (N-methyl/N-ethyl adjacent to an activating group) is 1. The molecule has 0 saturated carbocycles. The van der Waals surface area contributed by atoms with Crippen molar-refractivity contribution >= 4 is 35.0 Å². The summed E-state index contributed by atoms with van der Waals surface area (Å²) in [6.45, 7) is 3.48. The number of amides is 2. The molecule has 2 rings (SSSR count). The monoisotopic (exact) mass is 368 g/mol. The highest BCUT2D eigenvalue weighted by Crippen LogP contribution is 2.29. The van der Waals surface area contributed by atoms with Gasteiger partial charge < -0.3 is 14.6 Å². The third kappa shape index (κ3) is 4.10. The molecule has 0 aliphatic rings. The van der Waals surface area contributed by atoms with Gasteiger partial charge in [0.2, 0.25) is 5.91 Å². The highest BCUT2D eigenvalue weighted by molar-refractivity contribution is 6.35. The van der Waals surface area contributed by atoms with Gasteiger partial charge in [-0.15, -0.1) is 0 Å². The molecule has 7 heteroatoms. The van der Waals surface area contributed by atoms with Crippen LogP contribution in [0.25, 0.3) is 0 Å². The lowest BCUT2D eigenvalue weighted by Crippen LogP contribution is -2.46. The first-order chi connectivity index (χ1) is 11.3. The van der Waals surface area contributed by atoms with Gasteiger partial charge in [0, 0.05) is 17.1 Å². The molecular formula is C17H18Cl2N2O3. The fourth-order valence-electron chi connectivity index (χ4n) is 2.28. The molecule has 0 bridgehead atoms. The quantitative estimate of drug-likeness (QED) is 0.869. The van der Waals surface area contributed by atoms with Crippen molar-refractivity contribution in [1.29, 1.82) is 0 Å². The Bertz CT molecular complexity index is 731. The second-order valence-corrected chi connectivity index (χ2v) is 6.31. The van der Waals surface area contributed by atoms with Crippen LogP contribution in [0.1, 0.15) is 36.0 Å². The molecule has 2 atom stereocenters. The summed E-state index contributed by atoms with van der Waals surface area (Å²) in [5.74, 6) is -0.522. The van der Waals surface area contributed by atoms with Crippen LogP contribution >= 0.6 is 23.2 Å². The van der Waals surface area contributed by atoms with E-state index in [4.69, 9.17) is 27.6 Å². The fraction of sp³-hybridized carbons (Fsp3) is 0.294. The second-order valence-electron chi connectivity index (χ2n) is 5.46. The molecule has 0 saturated heterocycles. The van der Waals surface area contributed by atoms with E-state index in [1.165, 1.54) is 17.2 Å². The maximum Gasteiger partial charge on any atom is 0.287 e. The van der Waals surface area contributed by atoms with Crippen LogP contribution in [0.3, 0.4) is 0 Å². The molecule has 0 radical (unpaired) electrons. The van der Waals surface area contributed by atoms with Crippen molar-refractivity contribution in [2.24, 2.45) is 0 Å². The molecule has 2 aromatic rings. The molecule has 0 aliphatic carbocycles. The summed E-state index contributed by atoms with van der Waals surface area (Å²) in [5, 5.41) is 3.63. The number of carbonyl (C=O) groups excluding carboxylic acids is 2. The van der Waals surface area contributed by atoms with E-state index in [0.717, 1.165) is 5.56 Å². The number of hydrogen-bond donors (Lipinski definition) is 1. The standard InChI is InChI=1S/C17H18Cl2N2O3/c1-10(20-16(22)15-5-4-8-24-15)17(23)21(3)11(2)13-7-6-12(18)9-14(13)19/h4-11H,1-3H3,(H,20,22). The average Bonchev–Trinajstić information content (AvgIpc) is 3.07. The zero-order valence-electron chi connectivity index (χ0n) is 13.5. The van der Waals surface area contributed by atoms with Crippen LogP contribution < -0.4 is 5.32 Å². The van der Waals surface area contributed by atoms with E-state index in [0.29, 0.717) is 10.0 Å². The Morgan fingerprint density at radius 2 is 1.92 bits per heavy atom. The topological polar surface area (TPSA) is 62.6 Å². The predicted molar refractivity (Wildman–Crippen MR) is 93.3 cm³/mol. The van der Waals surface area contributed by atoms with Gasteiger partial charge in [-0.05, 0) is 43.7 Å². The van der Waals surface area contributed by atoms with E-state index in [-0.39, 0.29) is 17.7 Å². The van der Waals surface area contributed by atoms with Gasteiger partial charge in [0.25, 0.3) is 5.91 Å². The fourth-order valence-corrected chi connectivity index (χ4v) is 2.85. The Balaban J connectivity index is 2.06. The summed E-state index contributed by atoms with van der Waals surface area (Å²) in [7, 11) is 1.66. The van der Waals surface area contributed by atoms with Crippen LogP contribution in [0.15, 0.2) is 41.0 Å². The number of halogens is 2. The van der Waals surface area contributed by atoms with Crippen molar-refractivity contribution in [3.8, 4) is 0 Å². The molecule has 2 unspecified atom stereocenters. The molecule has 128 valence electrons. The van der Waals surface area contributed by atoms with Crippen LogP contribution in [-0.2, 0) is 4.79 Å². The van der Waals surface area contributed by atoms with E-state index in [2.05, 4.69) is 5.32 Å². The summed E-state index contributed by atoms with van der Waals surface area (Å²) in [6, 6.07) is 7.30. The van der Waals surface area contributed by atoms with Gasteiger partial charge in [0.05, 0.1) is 12.3 Å². The van der Waals surface area contributed by atoms with Gasteiger partial charge >= 0.3 is 0 Å². The van der Waals surface area contributed by atoms with Crippen molar-refractivity contribution < 1.29 is 14.0 Å². The lowest BCUT2D eigenvalue weighted by Gasteiger charge is -2.28. The minimum absolute atomic E-state index is 0.158. The number of carbonyl (C=O) groups is 2. The number of rotatable bonds is 5. The summed E-state index contributed by atoms with van der Waals surface area (Å²) in [5.41, 5.74) is 0.779. The normalized spacial score (nSPS) is 13.2. The first-order valence-corrected chi connectivity index (χ1v) is 8.13. The Morgan fingerprint density at radius 1 is 1.21 bits per heavy atom. The van der Waals surface area contributed by atoms with Gasteiger partial charge in [-0.25, -0.2) is 0 Å². The molecule has 24 heavy (non-hydrogen) atoms. The van der Waals surface area contributed by atoms with Gasteiger partial charge in [0.15, 0.2) is 5.76 Å². The Morgan fingerprint density at radius 3 is 2.50 bits per heavy atom. The van der Waals surface area contributed by atoms with Crippen molar-refractivity contribution in [3.63, 3.8) is 0 Å². The zero-order valence-corrected chi connectivity index (χ0v) is 15.1. The van der Waals surface area contributed by atoms with Crippen LogP contribution in [0, 0.1) is 0 Å². The summed E-state index contributed by atoms with van der Waals surface area (Å²) in [4.78, 5) is 26.0. The van der Waals surface area contributed by atoms with Crippen LogP contribution in [0.4, 0.5) is 0 Å². The van der Waals surface area contributed by atoms with Crippen LogP contribution in [0.5, 0.6) is 0 Å². The van der Waals surface area contributed by atoms with Gasteiger partial charge in [-0.1, -0.05) is 29.3 Å². The van der Waals surface area contributed by atoms with E-state index >= 15 is 0 Å². The van der Waals surface area contributed by atoms with Gasteiger partial charge in [-0.2, -0.15) is 0 Å². The third-order valence-corrected chi connectivity index (χ3v) is 4.37. The molecule has 0 aliphatic heterocycles. The van der Waals surface area contributed by atoms with Crippen molar-refractivity contribution in [3.05, 3.63) is 58.0 Å². The number of nitrogens with zero attached hydrogens (tertiary/aromatic N) is 1. The average molecular weight is 369 g/mol. The van der Waals surface area contributed by atoms with E-state index in [1.807, 2.05) is 6.92 Å². The SMILES string of the molecule is CC(NC(=O)c1ccco1)C(=O)N(C)C(C)c1ccc(Cl)cc1Cl. The van der Waals surface area contributed by atoms with E-state index in [1.54, 1.807) is 38.2 Å². The lowest BCUT2D eigenvalue weighted by molar-refractivity contribution is -0.133. The number of nitrogens with one attached hydrogen (secondary N) is 1. The van der Waals surface area contributed by atoms with Gasteiger partial charge in [-0.3, -0.25) is 9.59 Å². The van der Waals surface area contributed by atoms with Crippen molar-refractivity contribution in [2.45, 2.75) is 25.9 Å². The first-order valence-electron chi connectivity index (χ1n) is 7.37. The smallest absolute Gasteiger partial charge is 0.287 e. The third-order valence-electron chi connectivity index (χ3n) is 3.80. The number of furan rings is 1. The lowest BCUT2D eigenvalue weighted by atomic mass is 10.1. The molecule has 1 aromatic heterocycles. The Kier molecular flexibility index (Phi) is 5.91. The Hall–Kier alpha value is -1.98. The van der Waals surface area contributed by atoms with Crippen molar-refractivity contribution in [2.75, 3.05) is 7.05 Å². The van der Waals surface area contributed by atoms with E-state index < -0.39 is 11.9 Å². The molecule has 5 nitrogen and oxygen atoms in total. The molecule has 1 heterocycles. The second kappa shape index (κ2) is 7.73. The summed E-state index contributed by atoms with van der Waals surface area (Å²) < 4.78 is 5.01. The maximum absolute atomic E-state index is 12.6. The Labute approximate surface area is 150 Å². The molecule has 0 fully saturated rings. The first kappa shape index (κ1) is 18.4. The van der Waals surface area contributed by atoms with Crippen molar-refractivity contribution in [1.82, 2.24) is 10.2 Å². The van der Waals surface area contributed by atoms with E-state index in [9.17, 15) is 9.59 Å². The van der Waals surface area contributed by atoms with Gasteiger partial charge in [0.1, 0.15) is 6.04 Å². The van der Waals surface area contributed by atoms with Crippen LogP contribution in [0.2, 0.25) is 10.0 Å². The summed E-state index contributed by atoms with van der Waals surface area (Å²) >= 11 is 12.1. The summed E-state index contributed by atoms with van der Waals surface area (Å²) in [6.07, 6.45) is 1.40. The minimum atomic E-state index is -0.707. The minimum Gasteiger partial charge on any atom is -0.459 e. The number of benzene rings is 1. The molecule has 1 N–H and O–H groups in total. The molecule has 0 spiro atoms. The highest BCUT2D eigenvalue weighted by Gasteiger charge is 2.25. The zero-order chi connectivity index (χ0) is 17.9. The molecule has 1 aromatic carbocycles. The predicted octanol–water partition coefficient (Wildman–Crippen LogP) is 3.92. The highest BCUT2D eigenvalue weighted by atomic mass is 35.5. The van der Waals surface area contributed by atoms with Crippen LogP contribution in [-0.4, -0.2) is 29.8 Å².